The zero-order valence-electron chi connectivity index (χ0n) is 56.5. The van der Waals surface area contributed by atoms with E-state index < -0.39 is 20.0 Å². The fraction of sp³-hybridized carbons (Fsp3) is 0.905. The lowest BCUT2D eigenvalue weighted by Gasteiger charge is -2.25. The number of aliphatic hydroxyl groups is 1. The van der Waals surface area contributed by atoms with Crippen molar-refractivity contribution in [3.05, 3.63) is 36.5 Å². The number of nitrogens with zero attached hydrogens (tertiary/aromatic N) is 1. The number of hydrogen-bond donors (Lipinski definition) is 3. The third-order valence-corrected chi connectivity index (χ3v) is 18.1. The van der Waals surface area contributed by atoms with Crippen molar-refractivity contribution in [2.24, 2.45) is 0 Å². The van der Waals surface area contributed by atoms with Gasteiger partial charge in [0.1, 0.15) is 13.2 Å². The lowest BCUT2D eigenvalue weighted by atomic mass is 10.0. The summed E-state index contributed by atoms with van der Waals surface area (Å²) in [6.07, 6.45) is 87.6. The predicted molar refractivity (Wildman–Crippen MR) is 365 cm³/mol. The van der Waals surface area contributed by atoms with Crippen LogP contribution in [0.15, 0.2) is 36.5 Å². The van der Waals surface area contributed by atoms with Crippen LogP contribution in [-0.4, -0.2) is 73.4 Å². The Morgan fingerprint density at radius 2 is 0.663 bits per heavy atom. The molecule has 0 spiro atoms. The second-order valence-electron chi connectivity index (χ2n) is 26.7. The average Bonchev–Trinajstić information content (AvgIpc) is 3.49. The molecular weight excluding hydrogens is 1040 g/mol. The summed E-state index contributed by atoms with van der Waals surface area (Å²) in [5.41, 5.74) is 0. The van der Waals surface area contributed by atoms with Crippen molar-refractivity contribution < 1.29 is 32.9 Å². The number of carbonyl (C=O) groups excluding carboxylic acids is 1. The fourth-order valence-corrected chi connectivity index (χ4v) is 12.1. The molecule has 0 bridgehead atoms. The molecule has 0 aromatic heterocycles. The van der Waals surface area contributed by atoms with Crippen LogP contribution in [0.2, 0.25) is 0 Å². The smallest absolute Gasteiger partial charge is 0.387 e. The van der Waals surface area contributed by atoms with Crippen LogP contribution in [0, 0.1) is 0 Å². The molecule has 0 fully saturated rings. The standard InChI is InChI=1S/C74H145N2O6P/c1-6-8-10-12-14-16-18-20-22-24-26-28-29-30-31-32-33-34-35-36-37-38-39-40-41-42-43-44-45-46-48-50-52-54-56-58-60-62-64-66-68-74(78)75-72(71-82-83(79,80)81-70-69-76(3,4)5)73(77)67-65-63-61-59-57-55-53-51-49-47-27-25-23-21-19-17-15-13-11-9-7-2/h49,51,57,59,65,67,72-73,77H,6-48,50,52-56,58,60-64,66,68-71H2,1-5H3,(H-,75,78,79,80)/p+1/b51-49+,59-57+,67-65+. The van der Waals surface area contributed by atoms with Gasteiger partial charge in [-0.05, 0) is 44.9 Å². The highest BCUT2D eigenvalue weighted by atomic mass is 31.2. The van der Waals surface area contributed by atoms with Crippen molar-refractivity contribution >= 4 is 13.7 Å². The summed E-state index contributed by atoms with van der Waals surface area (Å²) in [6.45, 7) is 4.84. The van der Waals surface area contributed by atoms with Gasteiger partial charge in [-0.3, -0.25) is 13.8 Å². The molecule has 0 aliphatic rings. The molecule has 0 aliphatic carbocycles. The maximum atomic E-state index is 13.0. The summed E-state index contributed by atoms with van der Waals surface area (Å²) in [7, 11) is 1.56. The summed E-state index contributed by atoms with van der Waals surface area (Å²) in [5, 5.41) is 14.0. The van der Waals surface area contributed by atoms with Gasteiger partial charge >= 0.3 is 7.82 Å². The number of allylic oxidation sites excluding steroid dienone is 5. The van der Waals surface area contributed by atoms with E-state index in [1.54, 1.807) is 6.08 Å². The fourth-order valence-electron chi connectivity index (χ4n) is 11.4. The van der Waals surface area contributed by atoms with E-state index in [0.717, 1.165) is 44.9 Å². The van der Waals surface area contributed by atoms with Crippen molar-refractivity contribution in [3.63, 3.8) is 0 Å². The van der Waals surface area contributed by atoms with E-state index in [1.807, 2.05) is 27.2 Å². The molecule has 9 heteroatoms. The largest absolute Gasteiger partial charge is 0.472 e. The maximum absolute atomic E-state index is 13.0. The molecule has 1 amide bonds. The van der Waals surface area contributed by atoms with Gasteiger partial charge < -0.3 is 19.8 Å². The zero-order valence-corrected chi connectivity index (χ0v) is 57.4. The number of hydrogen-bond acceptors (Lipinski definition) is 5. The molecule has 0 rings (SSSR count). The van der Waals surface area contributed by atoms with E-state index >= 15 is 0 Å². The first kappa shape index (κ1) is 81.7. The van der Waals surface area contributed by atoms with Crippen molar-refractivity contribution in [3.8, 4) is 0 Å². The molecule has 0 aromatic rings. The topological polar surface area (TPSA) is 105 Å². The van der Waals surface area contributed by atoms with Crippen LogP contribution < -0.4 is 5.32 Å². The Labute approximate surface area is 518 Å². The molecule has 3 N–H and O–H groups in total. The lowest BCUT2D eigenvalue weighted by molar-refractivity contribution is -0.870. The number of nitrogens with one attached hydrogen (secondary N) is 1. The summed E-state index contributed by atoms with van der Waals surface area (Å²) in [4.78, 5) is 23.4. The van der Waals surface area contributed by atoms with Gasteiger partial charge in [0.25, 0.3) is 0 Å². The second kappa shape index (κ2) is 65.2. The first-order chi connectivity index (χ1) is 40.5. The Morgan fingerprint density at radius 3 is 0.964 bits per heavy atom. The first-order valence-electron chi connectivity index (χ1n) is 36.9. The number of likely N-dealkylation sites (N-methyl/N-ethyl adjacent to an activating group) is 1. The Kier molecular flexibility index (Phi) is 64.2. The van der Waals surface area contributed by atoms with E-state index in [9.17, 15) is 19.4 Å². The van der Waals surface area contributed by atoms with Crippen molar-refractivity contribution in [2.45, 2.75) is 392 Å². The number of carbonyl (C=O) groups is 1. The summed E-state index contributed by atoms with van der Waals surface area (Å²) < 4.78 is 23.8. The Balaban J connectivity index is 3.93. The zero-order chi connectivity index (χ0) is 60.5. The SMILES string of the molecule is CCCCCCCCCCCCC/C=C/CC/C=C/CC/C=C/C(O)C(COP(=O)(O)OCC[N+](C)(C)C)NC(=O)CCCCCCCCCCCCCCCCCCCCCCCCCCCCCCCCCCCCCCCCCC. The van der Waals surface area contributed by atoms with Crippen molar-refractivity contribution in [1.29, 1.82) is 0 Å². The van der Waals surface area contributed by atoms with Crippen LogP contribution in [0.3, 0.4) is 0 Å². The Hall–Kier alpha value is -1.28. The molecule has 0 radical (unpaired) electrons. The molecule has 8 nitrogen and oxygen atoms in total. The van der Waals surface area contributed by atoms with Crippen LogP contribution in [0.25, 0.3) is 0 Å². The molecule has 3 atom stereocenters. The van der Waals surface area contributed by atoms with Gasteiger partial charge in [-0.25, -0.2) is 4.57 Å². The normalized spacial score (nSPS) is 13.8. The molecule has 0 aromatic carbocycles. The van der Waals surface area contributed by atoms with Gasteiger partial charge in [0.05, 0.1) is 39.9 Å². The summed E-state index contributed by atoms with van der Waals surface area (Å²) in [6, 6.07) is -0.869. The maximum Gasteiger partial charge on any atom is 0.472 e. The van der Waals surface area contributed by atoms with Crippen molar-refractivity contribution in [1.82, 2.24) is 5.32 Å². The third-order valence-electron chi connectivity index (χ3n) is 17.1. The molecule has 83 heavy (non-hydrogen) atoms. The Bertz CT molecular complexity index is 1450. The van der Waals surface area contributed by atoms with Gasteiger partial charge in [0.15, 0.2) is 0 Å². The minimum atomic E-state index is -4.36. The average molecular weight is 1190 g/mol. The molecule has 492 valence electrons. The molecule has 0 saturated carbocycles. The van der Waals surface area contributed by atoms with E-state index in [2.05, 4.69) is 43.5 Å². The van der Waals surface area contributed by atoms with Crippen LogP contribution >= 0.6 is 7.82 Å². The molecule has 0 aliphatic heterocycles. The highest BCUT2D eigenvalue weighted by Gasteiger charge is 2.28. The predicted octanol–water partition coefficient (Wildman–Crippen LogP) is 23.6. The molecular formula is C74H146N2O6P+. The monoisotopic (exact) mass is 1190 g/mol. The number of phosphoric ester groups is 1. The third kappa shape index (κ3) is 68.1. The van der Waals surface area contributed by atoms with Gasteiger partial charge in [-0.1, -0.05) is 365 Å². The van der Waals surface area contributed by atoms with E-state index in [4.69, 9.17) is 9.05 Å². The number of phosphoric acid groups is 1. The summed E-state index contributed by atoms with van der Waals surface area (Å²) >= 11 is 0. The van der Waals surface area contributed by atoms with Gasteiger partial charge in [-0.15, -0.1) is 0 Å². The quantitative estimate of drug-likeness (QED) is 0.0243. The van der Waals surface area contributed by atoms with Crippen LogP contribution in [-0.2, 0) is 18.4 Å². The molecule has 0 heterocycles. The minimum absolute atomic E-state index is 0.0554. The summed E-state index contributed by atoms with van der Waals surface area (Å²) in [5.74, 6) is -0.183. The lowest BCUT2D eigenvalue weighted by Crippen LogP contribution is -2.45. The Morgan fingerprint density at radius 1 is 0.398 bits per heavy atom. The molecule has 3 unspecified atom stereocenters. The van der Waals surface area contributed by atoms with Gasteiger partial charge in [-0.2, -0.15) is 0 Å². The first-order valence-corrected chi connectivity index (χ1v) is 38.4. The minimum Gasteiger partial charge on any atom is -0.387 e. The second-order valence-corrected chi connectivity index (χ2v) is 28.1. The van der Waals surface area contributed by atoms with E-state index in [0.29, 0.717) is 17.4 Å². The van der Waals surface area contributed by atoms with Crippen LogP contribution in [0.1, 0.15) is 380 Å². The van der Waals surface area contributed by atoms with Crippen LogP contribution in [0.4, 0.5) is 0 Å². The molecule has 0 saturated heterocycles. The van der Waals surface area contributed by atoms with Crippen LogP contribution in [0.5, 0.6) is 0 Å². The van der Waals surface area contributed by atoms with Gasteiger partial charge in [0.2, 0.25) is 5.91 Å². The highest BCUT2D eigenvalue weighted by molar-refractivity contribution is 7.47. The number of rotatable bonds is 69. The number of amides is 1. The number of quaternary nitrogens is 1. The number of aliphatic hydroxyl groups excluding tert-OH is 1. The van der Waals surface area contributed by atoms with E-state index in [-0.39, 0.29) is 19.1 Å². The van der Waals surface area contributed by atoms with E-state index in [1.165, 1.54) is 315 Å². The van der Waals surface area contributed by atoms with Crippen molar-refractivity contribution in [2.75, 3.05) is 40.9 Å². The van der Waals surface area contributed by atoms with Gasteiger partial charge in [0, 0.05) is 6.42 Å². The number of unbranched alkanes of at least 4 members (excludes halogenated alkanes) is 52. The highest BCUT2D eigenvalue weighted by Crippen LogP contribution is 2.43.